The zero-order valence-electron chi connectivity index (χ0n) is 37.7. The lowest BCUT2D eigenvalue weighted by Gasteiger charge is -2.34. The molecule has 4 heterocycles. The van der Waals surface area contributed by atoms with Crippen LogP contribution in [-0.4, -0.2) is 105 Å². The van der Waals surface area contributed by atoms with Crippen LogP contribution >= 0.6 is 0 Å². The van der Waals surface area contributed by atoms with E-state index in [-0.39, 0.29) is 11.3 Å². The first kappa shape index (κ1) is 44.7. The van der Waals surface area contributed by atoms with E-state index in [1.165, 1.54) is 11.1 Å². The third-order valence-electron chi connectivity index (χ3n) is 12.7. The lowest BCUT2D eigenvalue weighted by molar-refractivity contribution is 0.112. The summed E-state index contributed by atoms with van der Waals surface area (Å²) < 4.78 is 28.3. The number of benzene rings is 6. The molecule has 2 aliphatic rings. The Bertz CT molecular complexity index is 2970. The Morgan fingerprint density at radius 3 is 1.48 bits per heavy atom. The summed E-state index contributed by atoms with van der Waals surface area (Å²) in [5, 5.41) is 4.89. The third-order valence-corrected chi connectivity index (χ3v) is 12.7. The molecule has 2 aromatic heterocycles. The molecule has 0 unspecified atom stereocenters. The van der Waals surface area contributed by atoms with Crippen LogP contribution in [0.1, 0.15) is 24.0 Å². The molecule has 2 fully saturated rings. The first-order valence-electron chi connectivity index (χ1n) is 23.2. The summed E-state index contributed by atoms with van der Waals surface area (Å²) in [7, 11) is 1.70. The molecule has 6 aromatic carbocycles. The van der Waals surface area contributed by atoms with Crippen LogP contribution in [0, 0.1) is 0 Å². The van der Waals surface area contributed by atoms with Gasteiger partial charge < -0.3 is 27.9 Å². The first-order valence-corrected chi connectivity index (χ1v) is 23.2. The predicted molar refractivity (Wildman–Crippen MR) is 263 cm³/mol. The van der Waals surface area contributed by atoms with Gasteiger partial charge in [0.05, 0.1) is 24.5 Å². The smallest absolute Gasteiger partial charge is 0.344 e. The number of methoxy groups -OCH3 is 1. The molecule has 2 saturated heterocycles. The number of rotatable bonds is 15. The summed E-state index contributed by atoms with van der Waals surface area (Å²) in [4.78, 5) is 34.5. The highest BCUT2D eigenvalue weighted by atomic mass is 16.5. The zero-order valence-corrected chi connectivity index (χ0v) is 37.7. The molecule has 0 bridgehead atoms. The summed E-state index contributed by atoms with van der Waals surface area (Å²) in [6, 6.07) is 45.6. The Morgan fingerprint density at radius 2 is 0.909 bits per heavy atom. The van der Waals surface area contributed by atoms with E-state index in [2.05, 4.69) is 62.1 Å². The van der Waals surface area contributed by atoms with Gasteiger partial charge in [0.15, 0.2) is 0 Å². The highest BCUT2D eigenvalue weighted by molar-refractivity contribution is 6.05. The molecule has 0 spiro atoms. The summed E-state index contributed by atoms with van der Waals surface area (Å²) in [5.74, 6) is 2.37. The van der Waals surface area contributed by atoms with Gasteiger partial charge in [-0.15, -0.1) is 0 Å². The Hall–Kier alpha value is -6.50. The molecule has 340 valence electrons. The maximum absolute atomic E-state index is 12.3. The maximum Gasteiger partial charge on any atom is 0.344 e. The van der Waals surface area contributed by atoms with Gasteiger partial charge in [-0.3, -0.25) is 14.7 Å². The van der Waals surface area contributed by atoms with Crippen LogP contribution in [0.2, 0.25) is 0 Å². The normalized spacial score (nSPS) is 15.2. The quantitative estimate of drug-likeness (QED) is 0.0560. The van der Waals surface area contributed by atoms with Gasteiger partial charge >= 0.3 is 11.3 Å². The fourth-order valence-corrected chi connectivity index (χ4v) is 9.03. The van der Waals surface area contributed by atoms with Crippen molar-refractivity contribution in [1.82, 2.24) is 19.6 Å². The average Bonchev–Trinajstić information content (AvgIpc) is 3.35. The predicted octanol–water partition coefficient (Wildman–Crippen LogP) is 9.07. The van der Waals surface area contributed by atoms with Crippen LogP contribution in [0.4, 0.5) is 0 Å². The monoisotopic (exact) mass is 886 g/mol. The van der Waals surface area contributed by atoms with E-state index in [1.807, 2.05) is 84.9 Å². The summed E-state index contributed by atoms with van der Waals surface area (Å²) in [6.07, 6.45) is 2.12. The van der Waals surface area contributed by atoms with Gasteiger partial charge in [0.1, 0.15) is 35.0 Å². The van der Waals surface area contributed by atoms with Gasteiger partial charge in [-0.2, -0.15) is 0 Å². The number of unbranched alkanes of at least 4 members (excludes halogenated alkanes) is 1. The average molecular weight is 887 g/mol. The Balaban J connectivity index is 0.000000166. The fourth-order valence-electron chi connectivity index (χ4n) is 9.03. The molecule has 11 heteroatoms. The fraction of sp³-hybridized carbons (Fsp3) is 0.309. The van der Waals surface area contributed by atoms with Crippen LogP contribution in [-0.2, 0) is 13.1 Å². The SMILES string of the molecule is COc1cccc(CN2CCN(CCOc3ccc4c(c3)oc(=O)c3ccccc34)CC2)c1.O=c1oc2cc(OCCCCN3CCN(Cc4ccccc4)CC3)ccc2c2ccccc12. The highest BCUT2D eigenvalue weighted by Crippen LogP contribution is 2.28. The molecule has 2 aliphatic heterocycles. The number of ether oxygens (including phenoxy) is 3. The van der Waals surface area contributed by atoms with E-state index in [0.717, 1.165) is 130 Å². The number of nitrogens with zero attached hydrogens (tertiary/aromatic N) is 4. The minimum Gasteiger partial charge on any atom is -0.497 e. The van der Waals surface area contributed by atoms with E-state index >= 15 is 0 Å². The maximum atomic E-state index is 12.3. The summed E-state index contributed by atoms with van der Waals surface area (Å²) >= 11 is 0. The van der Waals surface area contributed by atoms with Crippen molar-refractivity contribution in [1.29, 1.82) is 0 Å². The molecule has 10 rings (SSSR count). The van der Waals surface area contributed by atoms with Crippen molar-refractivity contribution in [2.24, 2.45) is 0 Å². The summed E-state index contributed by atoms with van der Waals surface area (Å²) in [6.45, 7) is 13.9. The second-order valence-corrected chi connectivity index (χ2v) is 17.2. The molecule has 0 amide bonds. The highest BCUT2D eigenvalue weighted by Gasteiger charge is 2.19. The molecule has 0 N–H and O–H groups in total. The number of fused-ring (bicyclic) bond motifs is 6. The second-order valence-electron chi connectivity index (χ2n) is 17.2. The topological polar surface area (TPSA) is 101 Å². The minimum atomic E-state index is -0.318. The molecule has 0 aliphatic carbocycles. The van der Waals surface area contributed by atoms with Crippen molar-refractivity contribution < 1.29 is 23.0 Å². The van der Waals surface area contributed by atoms with Gasteiger partial charge in [0.2, 0.25) is 0 Å². The largest absolute Gasteiger partial charge is 0.497 e. The molecule has 66 heavy (non-hydrogen) atoms. The molecule has 0 atom stereocenters. The Labute approximate surface area is 385 Å². The zero-order chi connectivity index (χ0) is 45.1. The van der Waals surface area contributed by atoms with E-state index in [4.69, 9.17) is 23.0 Å². The lowest BCUT2D eigenvalue weighted by Crippen LogP contribution is -2.47. The van der Waals surface area contributed by atoms with Crippen molar-refractivity contribution >= 4 is 43.5 Å². The van der Waals surface area contributed by atoms with Crippen LogP contribution in [0.5, 0.6) is 17.2 Å². The van der Waals surface area contributed by atoms with Gasteiger partial charge in [-0.25, -0.2) is 9.59 Å². The van der Waals surface area contributed by atoms with E-state index in [9.17, 15) is 9.59 Å². The molecule has 0 radical (unpaired) electrons. The molecule has 11 nitrogen and oxygen atoms in total. The number of piperazine rings is 2. The molecule has 0 saturated carbocycles. The van der Waals surface area contributed by atoms with Crippen molar-refractivity contribution in [2.75, 3.05) is 85.8 Å². The van der Waals surface area contributed by atoms with Crippen molar-refractivity contribution in [3.8, 4) is 17.2 Å². The number of hydrogen-bond acceptors (Lipinski definition) is 11. The van der Waals surface area contributed by atoms with E-state index < -0.39 is 0 Å². The van der Waals surface area contributed by atoms with Gasteiger partial charge in [0.25, 0.3) is 0 Å². The van der Waals surface area contributed by atoms with Gasteiger partial charge in [0, 0.05) is 94.9 Å². The minimum absolute atomic E-state index is 0.306. The number of hydrogen-bond donors (Lipinski definition) is 0. The standard InChI is InChI=1S/C28H30N2O3.C27H28N2O4/c31-28-26-11-5-4-10-24(26)25-13-12-23(20-27(25)33-28)32-19-7-6-14-29-15-17-30(18-16-29)21-22-8-2-1-3-9-22;1-31-21-6-4-5-20(17-21)19-29-13-11-28(12-14-29)15-16-32-22-9-10-24-23-7-2-3-8-25(23)27(30)33-26(24)18-22/h1-5,8-13,20H,6-7,14-19,21H2;2-10,17-18H,11-16,19H2,1H3. The summed E-state index contributed by atoms with van der Waals surface area (Å²) in [5.41, 5.74) is 3.18. The van der Waals surface area contributed by atoms with Crippen LogP contribution in [0.25, 0.3) is 43.5 Å². The third kappa shape index (κ3) is 11.3. The lowest BCUT2D eigenvalue weighted by atomic mass is 10.1. The van der Waals surface area contributed by atoms with Crippen molar-refractivity contribution in [2.45, 2.75) is 25.9 Å². The van der Waals surface area contributed by atoms with Crippen molar-refractivity contribution in [3.63, 3.8) is 0 Å². The van der Waals surface area contributed by atoms with Crippen molar-refractivity contribution in [3.05, 3.63) is 171 Å². The Morgan fingerprint density at radius 1 is 0.424 bits per heavy atom. The van der Waals surface area contributed by atoms with Gasteiger partial charge in [-0.1, -0.05) is 78.9 Å². The molecule has 8 aromatic rings. The van der Waals surface area contributed by atoms with Crippen LogP contribution < -0.4 is 25.5 Å². The second kappa shape index (κ2) is 21.7. The van der Waals surface area contributed by atoms with E-state index in [1.54, 1.807) is 19.2 Å². The first-order chi connectivity index (χ1) is 32.5. The van der Waals surface area contributed by atoms with Crippen LogP contribution in [0.15, 0.2) is 158 Å². The molecular weight excluding hydrogens is 829 g/mol. The van der Waals surface area contributed by atoms with E-state index in [0.29, 0.717) is 35.2 Å². The Kier molecular flexibility index (Phi) is 14.7. The van der Waals surface area contributed by atoms with Crippen LogP contribution in [0.3, 0.4) is 0 Å². The van der Waals surface area contributed by atoms with Gasteiger partial charge in [-0.05, 0) is 89.8 Å². The molecular formula is C55H58N4O7.